The SMILES string of the molecule is CC(C)Nc1cncc(-c2ccc3[nH]nc(-c4nc5nccc(-c6ccncc6)c5[nH]4)c3c2)c1. The monoisotopic (exact) mass is 446 g/mol. The first kappa shape index (κ1) is 20.0. The molecule has 5 heterocycles. The van der Waals surface area contributed by atoms with Crippen LogP contribution >= 0.6 is 0 Å². The minimum Gasteiger partial charge on any atom is -0.382 e. The lowest BCUT2D eigenvalue weighted by molar-refractivity contribution is 0.898. The molecule has 0 aliphatic rings. The van der Waals surface area contributed by atoms with Crippen molar-refractivity contribution in [2.24, 2.45) is 0 Å². The molecule has 0 saturated heterocycles. The van der Waals surface area contributed by atoms with Gasteiger partial charge in [-0.05, 0) is 61.4 Å². The summed E-state index contributed by atoms with van der Waals surface area (Å²) in [5, 5.41) is 12.1. The molecule has 0 aliphatic carbocycles. The van der Waals surface area contributed by atoms with Crippen molar-refractivity contribution < 1.29 is 0 Å². The smallest absolute Gasteiger partial charge is 0.178 e. The standard InChI is InChI=1S/C26H22N8/c1-15(2)30-19-11-18(13-28-14-19)17-3-4-22-21(12-17)24(34-33-22)26-31-23-20(7-10-29-25(23)32-26)16-5-8-27-9-6-16/h3-15,30H,1-2H3,(H,33,34)(H,29,31,32). The average Bonchev–Trinajstić information content (AvgIpc) is 3.48. The molecule has 5 aromatic heterocycles. The molecular weight excluding hydrogens is 424 g/mol. The fourth-order valence-electron chi connectivity index (χ4n) is 4.18. The zero-order chi connectivity index (χ0) is 23.1. The third-order valence-electron chi connectivity index (χ3n) is 5.70. The molecule has 0 amide bonds. The third kappa shape index (κ3) is 3.55. The van der Waals surface area contributed by atoms with E-state index in [9.17, 15) is 0 Å². The van der Waals surface area contributed by atoms with E-state index in [1.54, 1.807) is 18.6 Å². The molecule has 0 radical (unpaired) electrons. The number of benzene rings is 1. The number of nitrogens with zero attached hydrogens (tertiary/aromatic N) is 5. The van der Waals surface area contributed by atoms with Gasteiger partial charge in [0, 0.05) is 53.5 Å². The van der Waals surface area contributed by atoms with Crippen LogP contribution in [0, 0.1) is 0 Å². The Morgan fingerprint density at radius 1 is 0.853 bits per heavy atom. The molecule has 0 spiro atoms. The first-order valence-electron chi connectivity index (χ1n) is 11.1. The van der Waals surface area contributed by atoms with E-state index < -0.39 is 0 Å². The maximum atomic E-state index is 4.75. The molecule has 166 valence electrons. The highest BCUT2D eigenvalue weighted by Crippen LogP contribution is 2.32. The van der Waals surface area contributed by atoms with Gasteiger partial charge in [-0.15, -0.1) is 0 Å². The minimum atomic E-state index is 0.332. The molecular formula is C26H22N8. The van der Waals surface area contributed by atoms with Crippen molar-refractivity contribution in [2.75, 3.05) is 5.32 Å². The lowest BCUT2D eigenvalue weighted by atomic mass is 10.0. The topological polar surface area (TPSA) is 108 Å². The zero-order valence-electron chi connectivity index (χ0n) is 18.7. The molecule has 6 rings (SSSR count). The van der Waals surface area contributed by atoms with Crippen molar-refractivity contribution in [3.05, 3.63) is 73.4 Å². The van der Waals surface area contributed by atoms with Crippen LogP contribution in [-0.2, 0) is 0 Å². The Kier molecular flexibility index (Phi) is 4.76. The fourth-order valence-corrected chi connectivity index (χ4v) is 4.18. The number of imidazole rings is 1. The van der Waals surface area contributed by atoms with E-state index in [0.717, 1.165) is 50.1 Å². The maximum absolute atomic E-state index is 4.75. The van der Waals surface area contributed by atoms with E-state index >= 15 is 0 Å². The maximum Gasteiger partial charge on any atom is 0.178 e. The lowest BCUT2D eigenvalue weighted by Crippen LogP contribution is -2.09. The van der Waals surface area contributed by atoms with Gasteiger partial charge in [-0.3, -0.25) is 15.1 Å². The summed E-state index contributed by atoms with van der Waals surface area (Å²) in [5.41, 5.74) is 8.35. The second kappa shape index (κ2) is 8.08. The Hall–Kier alpha value is -4.59. The molecule has 0 aliphatic heterocycles. The van der Waals surface area contributed by atoms with Crippen molar-refractivity contribution in [1.82, 2.24) is 35.1 Å². The number of hydrogen-bond acceptors (Lipinski definition) is 6. The zero-order valence-corrected chi connectivity index (χ0v) is 18.7. The number of H-pyrrole nitrogens is 2. The molecule has 3 N–H and O–H groups in total. The van der Waals surface area contributed by atoms with Crippen molar-refractivity contribution in [3.8, 4) is 33.8 Å². The molecule has 0 bridgehead atoms. The summed E-state index contributed by atoms with van der Waals surface area (Å²) < 4.78 is 0. The van der Waals surface area contributed by atoms with E-state index in [-0.39, 0.29) is 0 Å². The molecule has 34 heavy (non-hydrogen) atoms. The van der Waals surface area contributed by atoms with Crippen LogP contribution in [0.5, 0.6) is 0 Å². The Bertz CT molecular complexity index is 1610. The Morgan fingerprint density at radius 3 is 2.59 bits per heavy atom. The van der Waals surface area contributed by atoms with Gasteiger partial charge in [0.05, 0.1) is 16.7 Å². The van der Waals surface area contributed by atoms with E-state index in [1.807, 2.05) is 36.7 Å². The number of rotatable bonds is 5. The van der Waals surface area contributed by atoms with Crippen LogP contribution in [0.25, 0.3) is 55.8 Å². The molecule has 1 aromatic carbocycles. The van der Waals surface area contributed by atoms with Gasteiger partial charge in [-0.1, -0.05) is 6.07 Å². The first-order chi connectivity index (χ1) is 16.7. The average molecular weight is 447 g/mol. The highest BCUT2D eigenvalue weighted by atomic mass is 15.1. The summed E-state index contributed by atoms with van der Waals surface area (Å²) >= 11 is 0. The van der Waals surface area contributed by atoms with E-state index in [4.69, 9.17) is 4.98 Å². The van der Waals surface area contributed by atoms with E-state index in [2.05, 4.69) is 67.5 Å². The predicted molar refractivity (Wildman–Crippen MR) is 134 cm³/mol. The summed E-state index contributed by atoms with van der Waals surface area (Å²) in [5.74, 6) is 0.667. The second-order valence-corrected chi connectivity index (χ2v) is 8.47. The van der Waals surface area contributed by atoms with Crippen LogP contribution in [0.4, 0.5) is 5.69 Å². The van der Waals surface area contributed by atoms with Crippen molar-refractivity contribution in [1.29, 1.82) is 0 Å². The van der Waals surface area contributed by atoms with Gasteiger partial charge in [0.15, 0.2) is 11.5 Å². The summed E-state index contributed by atoms with van der Waals surface area (Å²) in [4.78, 5) is 21.2. The van der Waals surface area contributed by atoms with E-state index in [1.165, 1.54) is 0 Å². The number of aromatic amines is 2. The van der Waals surface area contributed by atoms with Gasteiger partial charge in [0.1, 0.15) is 5.69 Å². The highest BCUT2D eigenvalue weighted by Gasteiger charge is 2.16. The predicted octanol–water partition coefficient (Wildman–Crippen LogP) is 5.45. The first-order valence-corrected chi connectivity index (χ1v) is 11.1. The minimum absolute atomic E-state index is 0.332. The summed E-state index contributed by atoms with van der Waals surface area (Å²) in [6.07, 6.45) is 9.05. The number of aromatic nitrogens is 7. The number of nitrogens with one attached hydrogen (secondary N) is 3. The lowest BCUT2D eigenvalue weighted by Gasteiger charge is -2.11. The van der Waals surface area contributed by atoms with Crippen LogP contribution in [0.15, 0.2) is 73.4 Å². The van der Waals surface area contributed by atoms with Gasteiger partial charge >= 0.3 is 0 Å². The van der Waals surface area contributed by atoms with Gasteiger partial charge in [0.25, 0.3) is 0 Å². The molecule has 0 atom stereocenters. The molecule has 6 aromatic rings. The largest absolute Gasteiger partial charge is 0.382 e. The van der Waals surface area contributed by atoms with E-state index in [0.29, 0.717) is 17.5 Å². The van der Waals surface area contributed by atoms with Crippen LogP contribution in [0.2, 0.25) is 0 Å². The van der Waals surface area contributed by atoms with Crippen molar-refractivity contribution in [3.63, 3.8) is 0 Å². The number of pyridine rings is 3. The second-order valence-electron chi connectivity index (χ2n) is 8.47. The van der Waals surface area contributed by atoms with Gasteiger partial charge < -0.3 is 10.3 Å². The van der Waals surface area contributed by atoms with Crippen molar-refractivity contribution >= 4 is 27.8 Å². The summed E-state index contributed by atoms with van der Waals surface area (Å²) in [6.45, 7) is 4.22. The quantitative estimate of drug-likeness (QED) is 0.325. The summed E-state index contributed by atoms with van der Waals surface area (Å²) in [7, 11) is 0. The molecule has 8 nitrogen and oxygen atoms in total. The molecule has 0 saturated carbocycles. The van der Waals surface area contributed by atoms with Crippen LogP contribution < -0.4 is 5.32 Å². The fraction of sp³-hybridized carbons (Fsp3) is 0.115. The van der Waals surface area contributed by atoms with Crippen LogP contribution in [0.3, 0.4) is 0 Å². The number of anilines is 1. The van der Waals surface area contributed by atoms with Gasteiger partial charge in [0.2, 0.25) is 0 Å². The summed E-state index contributed by atoms with van der Waals surface area (Å²) in [6, 6.07) is 14.6. The van der Waals surface area contributed by atoms with Gasteiger partial charge in [-0.25, -0.2) is 9.97 Å². The molecule has 0 fully saturated rings. The molecule has 0 unspecified atom stereocenters. The number of hydrogen-bond donors (Lipinski definition) is 3. The Balaban J connectivity index is 1.45. The molecule has 8 heteroatoms. The van der Waals surface area contributed by atoms with Crippen LogP contribution in [0.1, 0.15) is 13.8 Å². The third-order valence-corrected chi connectivity index (χ3v) is 5.70. The van der Waals surface area contributed by atoms with Crippen LogP contribution in [-0.4, -0.2) is 41.2 Å². The normalized spacial score (nSPS) is 11.5. The Morgan fingerprint density at radius 2 is 1.74 bits per heavy atom. The number of fused-ring (bicyclic) bond motifs is 2. The highest BCUT2D eigenvalue weighted by molar-refractivity contribution is 5.97. The van der Waals surface area contributed by atoms with Crippen molar-refractivity contribution in [2.45, 2.75) is 19.9 Å². The Labute approximate surface area is 195 Å². The van der Waals surface area contributed by atoms with Gasteiger partial charge in [-0.2, -0.15) is 5.10 Å².